The fourth-order valence-corrected chi connectivity index (χ4v) is 5.31. The summed E-state index contributed by atoms with van der Waals surface area (Å²) in [5.74, 6) is -2.86. The Bertz CT molecular complexity index is 1320. The van der Waals surface area contributed by atoms with Crippen molar-refractivity contribution < 1.29 is 13.2 Å². The van der Waals surface area contributed by atoms with Crippen LogP contribution in [-0.2, 0) is 5.92 Å². The number of alkyl halides is 2. The van der Waals surface area contributed by atoms with E-state index < -0.39 is 11.7 Å². The Labute approximate surface area is 183 Å². The van der Waals surface area contributed by atoms with Gasteiger partial charge in [0.25, 0.3) is 5.92 Å². The Balaban J connectivity index is 1.74. The minimum absolute atomic E-state index is 0.255. The molecule has 0 spiro atoms. The maximum Gasteiger partial charge on any atom is 0.287 e. The summed E-state index contributed by atoms with van der Waals surface area (Å²) in [6, 6.07) is 9.59. The van der Waals surface area contributed by atoms with E-state index in [0.717, 1.165) is 62.5 Å². The molecule has 3 aliphatic heterocycles. The first-order valence-corrected chi connectivity index (χ1v) is 10.9. The zero-order chi connectivity index (χ0) is 22.1. The van der Waals surface area contributed by atoms with Crippen molar-refractivity contribution in [3.05, 3.63) is 54.1 Å². The molecule has 7 rings (SSSR count). The van der Waals surface area contributed by atoms with Crippen LogP contribution in [0.2, 0.25) is 0 Å². The number of hydrogen-bond acceptors (Lipinski definition) is 3. The van der Waals surface area contributed by atoms with E-state index in [9.17, 15) is 4.39 Å². The number of nitrogens with zero attached hydrogens (tertiary/aromatic N) is 4. The quantitative estimate of drug-likeness (QED) is 0.473. The Hall–Kier alpha value is -2.97. The van der Waals surface area contributed by atoms with E-state index in [1.54, 1.807) is 18.3 Å². The first kappa shape index (κ1) is 19.7. The number of fused-ring (bicyclic) bond motifs is 5. The van der Waals surface area contributed by atoms with Gasteiger partial charge < -0.3 is 0 Å². The van der Waals surface area contributed by atoms with Crippen molar-refractivity contribution in [2.75, 3.05) is 39.3 Å². The number of quaternary nitrogens is 1. The monoisotopic (exact) mass is 438 g/mol. The SMILES string of the molecule is CC(F)(F)c1nc([N+]23CCN(CC2)CC3)c2cc3[nH]ncc3cc2c1-c1ccc(F)cc1. The molecule has 4 aromatic rings. The molecular weight excluding hydrogens is 415 g/mol. The lowest BCUT2D eigenvalue weighted by atomic mass is 9.93. The molecule has 0 radical (unpaired) electrons. The molecule has 0 atom stereocenters. The Morgan fingerprint density at radius 2 is 1.69 bits per heavy atom. The van der Waals surface area contributed by atoms with Crippen LogP contribution in [0.1, 0.15) is 12.6 Å². The molecule has 32 heavy (non-hydrogen) atoms. The predicted octanol–water partition coefficient (Wildman–Crippen LogP) is 4.67. The molecule has 5 nitrogen and oxygen atoms in total. The van der Waals surface area contributed by atoms with Gasteiger partial charge in [0.2, 0.25) is 5.82 Å². The summed E-state index contributed by atoms with van der Waals surface area (Å²) in [5, 5.41) is 9.54. The van der Waals surface area contributed by atoms with Crippen molar-refractivity contribution >= 4 is 27.5 Å². The van der Waals surface area contributed by atoms with Crippen LogP contribution in [-0.4, -0.2) is 59.3 Å². The van der Waals surface area contributed by atoms with Crippen LogP contribution < -0.4 is 4.48 Å². The average molecular weight is 438 g/mol. The number of piperazine rings is 3. The molecule has 5 heterocycles. The van der Waals surface area contributed by atoms with Gasteiger partial charge in [0.1, 0.15) is 11.5 Å². The van der Waals surface area contributed by atoms with Crippen molar-refractivity contribution in [3.8, 4) is 11.1 Å². The van der Waals surface area contributed by atoms with Gasteiger partial charge in [-0.3, -0.25) is 14.5 Å². The summed E-state index contributed by atoms with van der Waals surface area (Å²) in [6.07, 6.45) is 1.69. The van der Waals surface area contributed by atoms with Gasteiger partial charge in [-0.2, -0.15) is 18.9 Å². The third kappa shape index (κ3) is 2.93. The van der Waals surface area contributed by atoms with Gasteiger partial charge >= 0.3 is 0 Å². The van der Waals surface area contributed by atoms with E-state index >= 15 is 8.78 Å². The molecule has 3 saturated heterocycles. The van der Waals surface area contributed by atoms with Crippen LogP contribution in [0.3, 0.4) is 0 Å². The van der Waals surface area contributed by atoms with Crippen molar-refractivity contribution in [3.63, 3.8) is 0 Å². The highest BCUT2D eigenvalue weighted by molar-refractivity contribution is 6.08. The van der Waals surface area contributed by atoms with Crippen LogP contribution in [0.15, 0.2) is 42.6 Å². The molecule has 0 amide bonds. The third-order valence-corrected chi connectivity index (χ3v) is 7.07. The van der Waals surface area contributed by atoms with E-state index in [2.05, 4.69) is 15.1 Å². The molecule has 3 fully saturated rings. The number of aromatic nitrogens is 3. The van der Waals surface area contributed by atoms with Crippen molar-refractivity contribution in [2.45, 2.75) is 12.8 Å². The molecule has 164 valence electrons. The maximum atomic E-state index is 15.1. The van der Waals surface area contributed by atoms with Crippen LogP contribution in [0.5, 0.6) is 0 Å². The number of benzene rings is 2. The second kappa shape index (κ2) is 6.76. The normalized spacial score (nSPS) is 23.3. The van der Waals surface area contributed by atoms with Gasteiger partial charge in [-0.25, -0.2) is 4.39 Å². The second-order valence-corrected chi connectivity index (χ2v) is 9.07. The summed E-state index contributed by atoms with van der Waals surface area (Å²) in [5.41, 5.74) is 1.47. The number of hydrogen-bond donors (Lipinski definition) is 1. The van der Waals surface area contributed by atoms with Crippen molar-refractivity contribution in [2.24, 2.45) is 0 Å². The zero-order valence-electron chi connectivity index (χ0n) is 17.7. The summed E-state index contributed by atoms with van der Waals surface area (Å²) in [6.45, 7) is 6.27. The molecule has 0 aliphatic carbocycles. The topological polar surface area (TPSA) is 44.8 Å². The first-order chi connectivity index (χ1) is 15.3. The summed E-state index contributed by atoms with van der Waals surface area (Å²) >= 11 is 0. The number of nitrogens with one attached hydrogen (secondary N) is 1. The van der Waals surface area contributed by atoms with Crippen LogP contribution in [0.4, 0.5) is 19.0 Å². The lowest BCUT2D eigenvalue weighted by Gasteiger charge is -2.49. The summed E-state index contributed by atoms with van der Waals surface area (Å²) in [4.78, 5) is 7.14. The predicted molar refractivity (Wildman–Crippen MR) is 119 cm³/mol. The van der Waals surface area contributed by atoms with Crippen LogP contribution >= 0.6 is 0 Å². The minimum Gasteiger partial charge on any atom is -0.287 e. The molecule has 8 heteroatoms. The molecule has 1 N–H and O–H groups in total. The highest BCUT2D eigenvalue weighted by Crippen LogP contribution is 2.45. The number of rotatable bonds is 3. The summed E-state index contributed by atoms with van der Waals surface area (Å²) < 4.78 is 44.4. The highest BCUT2D eigenvalue weighted by atomic mass is 19.3. The minimum atomic E-state index is -3.16. The fraction of sp³-hybridized carbons (Fsp3) is 0.333. The second-order valence-electron chi connectivity index (χ2n) is 9.07. The Morgan fingerprint density at radius 3 is 2.34 bits per heavy atom. The van der Waals surface area contributed by atoms with Crippen LogP contribution in [0.25, 0.3) is 32.8 Å². The number of pyridine rings is 1. The molecule has 3 aliphatic rings. The van der Waals surface area contributed by atoms with Crippen molar-refractivity contribution in [1.82, 2.24) is 24.6 Å². The standard InChI is InChI=1S/C24H23F3N5/c1-24(26,27)22-21(15-2-4-17(25)5-3-15)18-12-16-14-28-30-20(16)13-19(18)23(29-22)32-9-6-31(7-10-32)8-11-32/h2-5,12-14H,6-11H2,1H3,(H,28,30)/q+1. The van der Waals surface area contributed by atoms with E-state index in [1.165, 1.54) is 12.1 Å². The van der Waals surface area contributed by atoms with E-state index in [0.29, 0.717) is 26.8 Å². The van der Waals surface area contributed by atoms with Gasteiger partial charge in [-0.05, 0) is 29.8 Å². The maximum absolute atomic E-state index is 15.1. The molecule has 2 aromatic heterocycles. The first-order valence-electron chi connectivity index (χ1n) is 10.9. The third-order valence-electron chi connectivity index (χ3n) is 7.07. The number of halogens is 3. The molecule has 2 bridgehead atoms. The average Bonchev–Trinajstić information content (AvgIpc) is 3.25. The number of aromatic amines is 1. The lowest BCUT2D eigenvalue weighted by molar-refractivity contribution is 0.0124. The number of H-pyrrole nitrogens is 1. The highest BCUT2D eigenvalue weighted by Gasteiger charge is 2.44. The van der Waals surface area contributed by atoms with Gasteiger partial charge in [0.15, 0.2) is 0 Å². The largest absolute Gasteiger partial charge is 0.287 e. The van der Waals surface area contributed by atoms with E-state index in [4.69, 9.17) is 4.98 Å². The van der Waals surface area contributed by atoms with Gasteiger partial charge in [-0.15, -0.1) is 0 Å². The summed E-state index contributed by atoms with van der Waals surface area (Å²) in [7, 11) is 0. The van der Waals surface area contributed by atoms with Crippen molar-refractivity contribution in [1.29, 1.82) is 0 Å². The van der Waals surface area contributed by atoms with Gasteiger partial charge in [0, 0.05) is 42.9 Å². The molecule has 2 aromatic carbocycles. The molecular formula is C24H23F3N5+. The smallest absolute Gasteiger partial charge is 0.287 e. The molecule has 0 unspecified atom stereocenters. The Morgan fingerprint density at radius 1 is 1.00 bits per heavy atom. The molecule has 0 saturated carbocycles. The van der Waals surface area contributed by atoms with E-state index in [1.807, 2.05) is 12.1 Å². The Kier molecular flexibility index (Phi) is 4.16. The van der Waals surface area contributed by atoms with Crippen LogP contribution in [0, 0.1) is 5.82 Å². The van der Waals surface area contributed by atoms with E-state index in [-0.39, 0.29) is 5.69 Å². The fourth-order valence-electron chi connectivity index (χ4n) is 5.31. The van der Waals surface area contributed by atoms with Gasteiger partial charge in [-0.1, -0.05) is 12.1 Å². The lowest BCUT2D eigenvalue weighted by Crippen LogP contribution is -2.68. The zero-order valence-corrected chi connectivity index (χ0v) is 17.7. The van der Waals surface area contributed by atoms with Gasteiger partial charge in [0.05, 0.1) is 36.7 Å².